The van der Waals surface area contributed by atoms with Crippen LogP contribution in [0.25, 0.3) is 0 Å². The van der Waals surface area contributed by atoms with Crippen molar-refractivity contribution in [2.24, 2.45) is 5.14 Å². The summed E-state index contributed by atoms with van der Waals surface area (Å²) in [4.78, 5) is 10.1. The first-order chi connectivity index (χ1) is 9.05. The summed E-state index contributed by atoms with van der Waals surface area (Å²) in [5.74, 6) is -0.909. The van der Waals surface area contributed by atoms with Crippen LogP contribution >= 0.6 is 0 Å². The summed E-state index contributed by atoms with van der Waals surface area (Å²) in [6.07, 6.45) is -1.31. The Morgan fingerprint density at radius 2 is 1.90 bits per heavy atom. The van der Waals surface area contributed by atoms with Crippen LogP contribution in [0.3, 0.4) is 0 Å². The largest absolute Gasteiger partial charge is 0.452 e. The Hall–Kier alpha value is -1.92. The molecule has 4 N–H and O–H groups in total. The minimum atomic E-state index is -4.51. The van der Waals surface area contributed by atoms with Gasteiger partial charge in [-0.15, -0.1) is 0 Å². The van der Waals surface area contributed by atoms with Crippen molar-refractivity contribution in [1.29, 1.82) is 0 Å². The van der Waals surface area contributed by atoms with Crippen LogP contribution < -0.4 is 14.6 Å². The average Bonchev–Trinajstić information content (AvgIpc) is 2.25. The van der Waals surface area contributed by atoms with Crippen LogP contribution in [-0.2, 0) is 25.0 Å². The molecule has 0 aromatic heterocycles. The van der Waals surface area contributed by atoms with Crippen LogP contribution in [0, 0.1) is 5.82 Å². The minimum Gasteiger partial charge on any atom is -0.452 e. The molecule has 1 rings (SSSR count). The Kier molecular flexibility index (Phi) is 4.52. The van der Waals surface area contributed by atoms with E-state index in [9.17, 15) is 26.0 Å². The number of primary sulfonamides is 1. The van der Waals surface area contributed by atoms with Crippen molar-refractivity contribution >= 4 is 32.0 Å². The summed E-state index contributed by atoms with van der Waals surface area (Å²) in [7, 11) is -7.88. The van der Waals surface area contributed by atoms with Crippen molar-refractivity contribution in [3.8, 4) is 0 Å². The number of nitrogens with one attached hydrogen (secondary N) is 2. The number of amides is 1. The van der Waals surface area contributed by atoms with Crippen molar-refractivity contribution in [2.45, 2.75) is 4.90 Å². The second-order valence-corrected chi connectivity index (χ2v) is 6.33. The Morgan fingerprint density at radius 3 is 2.40 bits per heavy atom. The van der Waals surface area contributed by atoms with Gasteiger partial charge < -0.3 is 4.74 Å². The molecule has 0 unspecified atom stereocenters. The maximum Gasteiger partial charge on any atom is 0.422 e. The predicted molar refractivity (Wildman–Crippen MR) is 65.9 cm³/mol. The lowest BCUT2D eigenvalue weighted by Gasteiger charge is -2.11. The summed E-state index contributed by atoms with van der Waals surface area (Å²) in [5.41, 5.74) is -0.649. The fourth-order valence-corrected chi connectivity index (χ4v) is 2.70. The molecule has 0 saturated carbocycles. The topological polar surface area (TPSA) is 145 Å². The van der Waals surface area contributed by atoms with E-state index in [1.807, 2.05) is 0 Å². The number of halogens is 1. The molecule has 0 aliphatic rings. The molecule has 0 aliphatic carbocycles. The normalized spacial score (nSPS) is 11.8. The second kappa shape index (κ2) is 5.60. The van der Waals surface area contributed by atoms with Crippen LogP contribution in [0.15, 0.2) is 23.1 Å². The molecule has 0 bridgehead atoms. The molecule has 0 aliphatic heterocycles. The number of hydrogen-bond donors (Lipinski definition) is 3. The standard InChI is InChI=1S/C8H10FN3O6S2/c1-18-8(13)12-20(16,17)11-6-4-5(9)2-3-7(6)19(10,14)15/h2-4,11H,1H3,(H,12,13)(H2,10,14,15). The minimum absolute atomic E-state index is 0.594. The zero-order chi connectivity index (χ0) is 15.6. The first kappa shape index (κ1) is 16.1. The van der Waals surface area contributed by atoms with E-state index in [4.69, 9.17) is 5.14 Å². The Bertz CT molecular complexity index is 731. The third-order valence-corrected chi connectivity index (χ3v) is 3.79. The Labute approximate surface area is 114 Å². The van der Waals surface area contributed by atoms with Crippen molar-refractivity contribution in [3.63, 3.8) is 0 Å². The van der Waals surface area contributed by atoms with E-state index in [-0.39, 0.29) is 0 Å². The highest BCUT2D eigenvalue weighted by atomic mass is 32.2. The molecule has 1 aromatic rings. The van der Waals surface area contributed by atoms with Gasteiger partial charge in [0.1, 0.15) is 10.7 Å². The van der Waals surface area contributed by atoms with E-state index < -0.39 is 42.7 Å². The monoisotopic (exact) mass is 327 g/mol. The molecule has 12 heteroatoms. The van der Waals surface area contributed by atoms with Crippen molar-refractivity contribution in [3.05, 3.63) is 24.0 Å². The van der Waals surface area contributed by atoms with Gasteiger partial charge in [0.2, 0.25) is 10.0 Å². The van der Waals surface area contributed by atoms with E-state index in [1.165, 1.54) is 4.72 Å². The first-order valence-electron chi connectivity index (χ1n) is 4.76. The molecule has 112 valence electrons. The van der Waals surface area contributed by atoms with Crippen molar-refractivity contribution in [1.82, 2.24) is 4.72 Å². The molecule has 0 radical (unpaired) electrons. The molecule has 1 aromatic carbocycles. The molecular formula is C8H10FN3O6S2. The number of anilines is 1. The Morgan fingerprint density at radius 1 is 1.30 bits per heavy atom. The second-order valence-electron chi connectivity index (χ2n) is 3.38. The third-order valence-electron chi connectivity index (χ3n) is 1.90. The predicted octanol–water partition coefficient (Wildman–Crippen LogP) is -0.514. The zero-order valence-electron chi connectivity index (χ0n) is 9.95. The average molecular weight is 327 g/mol. The van der Waals surface area contributed by atoms with Gasteiger partial charge in [0, 0.05) is 0 Å². The fourth-order valence-electron chi connectivity index (χ4n) is 1.15. The zero-order valence-corrected chi connectivity index (χ0v) is 11.6. The molecule has 20 heavy (non-hydrogen) atoms. The molecule has 0 spiro atoms. The number of carbonyl (C=O) groups excluding carboxylic acids is 1. The van der Waals surface area contributed by atoms with E-state index in [0.29, 0.717) is 6.07 Å². The summed E-state index contributed by atoms with van der Waals surface area (Å²) in [6, 6.07) is 2.15. The van der Waals surface area contributed by atoms with Gasteiger partial charge in [-0.25, -0.2) is 27.5 Å². The van der Waals surface area contributed by atoms with Gasteiger partial charge in [0.25, 0.3) is 0 Å². The number of benzene rings is 1. The maximum atomic E-state index is 13.1. The summed E-state index contributed by atoms with van der Waals surface area (Å²) in [6.45, 7) is 0. The van der Waals surface area contributed by atoms with Crippen LogP contribution in [0.4, 0.5) is 14.9 Å². The van der Waals surface area contributed by atoms with Crippen LogP contribution in [0.5, 0.6) is 0 Å². The third kappa shape index (κ3) is 4.32. The maximum absolute atomic E-state index is 13.1. The molecule has 1 amide bonds. The molecule has 0 heterocycles. The van der Waals surface area contributed by atoms with Crippen LogP contribution in [-0.4, -0.2) is 30.0 Å². The van der Waals surface area contributed by atoms with Crippen molar-refractivity contribution < 1.29 is 30.8 Å². The molecule has 0 fully saturated rings. The highest BCUT2D eigenvalue weighted by molar-refractivity contribution is 7.91. The molecule has 0 saturated heterocycles. The molecule has 9 nitrogen and oxygen atoms in total. The van der Waals surface area contributed by atoms with E-state index in [1.54, 1.807) is 4.72 Å². The number of rotatable bonds is 4. The van der Waals surface area contributed by atoms with E-state index >= 15 is 0 Å². The summed E-state index contributed by atoms with van der Waals surface area (Å²) in [5, 5.41) is 4.86. The first-order valence-corrected chi connectivity index (χ1v) is 7.79. The van der Waals surface area contributed by atoms with E-state index in [0.717, 1.165) is 19.2 Å². The van der Waals surface area contributed by atoms with Crippen LogP contribution in [0.2, 0.25) is 0 Å². The molecule has 0 atom stereocenters. The SMILES string of the molecule is COC(=O)NS(=O)(=O)Nc1cc(F)ccc1S(N)(=O)=O. The summed E-state index contributed by atoms with van der Waals surface area (Å²) >= 11 is 0. The van der Waals surface area contributed by atoms with Gasteiger partial charge in [-0.1, -0.05) is 0 Å². The smallest absolute Gasteiger partial charge is 0.422 e. The van der Waals surface area contributed by atoms with Gasteiger partial charge in [-0.3, -0.25) is 4.72 Å². The number of nitrogens with two attached hydrogens (primary N) is 1. The van der Waals surface area contributed by atoms with Gasteiger partial charge in [0.05, 0.1) is 12.8 Å². The number of hydrogen-bond acceptors (Lipinski definition) is 6. The van der Waals surface area contributed by atoms with Gasteiger partial charge >= 0.3 is 16.3 Å². The quantitative estimate of drug-likeness (QED) is 0.679. The lowest BCUT2D eigenvalue weighted by Crippen LogP contribution is -2.35. The van der Waals surface area contributed by atoms with Gasteiger partial charge in [0.15, 0.2) is 0 Å². The number of methoxy groups -OCH3 is 1. The number of ether oxygens (including phenoxy) is 1. The lowest BCUT2D eigenvalue weighted by molar-refractivity contribution is 0.177. The highest BCUT2D eigenvalue weighted by Crippen LogP contribution is 2.21. The molecular weight excluding hydrogens is 317 g/mol. The van der Waals surface area contributed by atoms with Gasteiger partial charge in [-0.2, -0.15) is 8.42 Å². The fraction of sp³-hybridized carbons (Fsp3) is 0.125. The van der Waals surface area contributed by atoms with Crippen LogP contribution in [0.1, 0.15) is 0 Å². The summed E-state index contributed by atoms with van der Waals surface area (Å²) < 4.78 is 65.6. The number of carbonyl (C=O) groups is 1. The van der Waals surface area contributed by atoms with Gasteiger partial charge in [-0.05, 0) is 18.2 Å². The van der Waals surface area contributed by atoms with E-state index in [2.05, 4.69) is 4.74 Å². The lowest BCUT2D eigenvalue weighted by atomic mass is 10.3. The number of sulfonamides is 1. The Balaban J connectivity index is 3.21. The van der Waals surface area contributed by atoms with Crippen molar-refractivity contribution in [2.75, 3.05) is 11.8 Å². The highest BCUT2D eigenvalue weighted by Gasteiger charge is 2.21.